The first kappa shape index (κ1) is 16.1. The van der Waals surface area contributed by atoms with Crippen molar-refractivity contribution in [2.24, 2.45) is 10.2 Å². The largest absolute Gasteiger partial charge is 0.462 e. The molecule has 2 heterocycles. The molecule has 0 fully saturated rings. The number of nitrogens with zero attached hydrogens (tertiary/aromatic N) is 5. The summed E-state index contributed by atoms with van der Waals surface area (Å²) < 4.78 is 5.97. The zero-order chi connectivity index (χ0) is 17.1. The van der Waals surface area contributed by atoms with Crippen LogP contribution in [-0.2, 0) is 4.74 Å². The standard InChI is InChI=1S/C15H16N6O2S/c1-4-23-14(22)12-7-9-11(21(2)3)6-5-10(13(9)24-12)18-20-15-16-8-17-19-15/h5-8H,4H2,1-3H3,(H,16,17,19)/b20-18+. The van der Waals surface area contributed by atoms with E-state index in [1.807, 2.05) is 37.2 Å². The van der Waals surface area contributed by atoms with E-state index in [2.05, 4.69) is 25.4 Å². The van der Waals surface area contributed by atoms with Crippen molar-refractivity contribution < 1.29 is 9.53 Å². The third-order valence-corrected chi connectivity index (χ3v) is 4.39. The van der Waals surface area contributed by atoms with Gasteiger partial charge in [-0.1, -0.05) is 0 Å². The van der Waals surface area contributed by atoms with E-state index in [1.165, 1.54) is 17.7 Å². The Hall–Kier alpha value is -2.81. The monoisotopic (exact) mass is 344 g/mol. The molecule has 0 bridgehead atoms. The van der Waals surface area contributed by atoms with Gasteiger partial charge in [0.15, 0.2) is 0 Å². The van der Waals surface area contributed by atoms with Gasteiger partial charge < -0.3 is 14.6 Å². The molecule has 0 spiro atoms. The summed E-state index contributed by atoms with van der Waals surface area (Å²) >= 11 is 1.34. The minimum Gasteiger partial charge on any atom is -0.462 e. The van der Waals surface area contributed by atoms with E-state index < -0.39 is 0 Å². The molecular formula is C15H16N6O2S. The highest BCUT2D eigenvalue weighted by Gasteiger charge is 2.16. The quantitative estimate of drug-likeness (QED) is 0.562. The maximum atomic E-state index is 12.0. The average molecular weight is 344 g/mol. The third-order valence-electron chi connectivity index (χ3n) is 3.25. The van der Waals surface area contributed by atoms with Gasteiger partial charge in [-0.05, 0) is 25.1 Å². The Morgan fingerprint density at radius 2 is 2.21 bits per heavy atom. The van der Waals surface area contributed by atoms with Crippen LogP contribution in [-0.4, -0.2) is 41.9 Å². The third kappa shape index (κ3) is 3.11. The number of fused-ring (bicyclic) bond motifs is 1. The molecule has 0 saturated carbocycles. The maximum Gasteiger partial charge on any atom is 0.348 e. The van der Waals surface area contributed by atoms with Gasteiger partial charge in [0.25, 0.3) is 5.95 Å². The lowest BCUT2D eigenvalue weighted by atomic mass is 10.2. The molecule has 0 amide bonds. The lowest BCUT2D eigenvalue weighted by Crippen LogP contribution is -2.08. The zero-order valence-electron chi connectivity index (χ0n) is 13.5. The first-order valence-corrected chi connectivity index (χ1v) is 8.10. The molecule has 0 unspecified atom stereocenters. The fourth-order valence-electron chi connectivity index (χ4n) is 2.22. The van der Waals surface area contributed by atoms with Gasteiger partial charge in [0.2, 0.25) is 0 Å². The van der Waals surface area contributed by atoms with Crippen LogP contribution in [0.3, 0.4) is 0 Å². The van der Waals surface area contributed by atoms with E-state index in [0.29, 0.717) is 23.1 Å². The Morgan fingerprint density at radius 1 is 1.38 bits per heavy atom. The highest BCUT2D eigenvalue weighted by atomic mass is 32.1. The number of benzene rings is 1. The molecule has 0 aliphatic heterocycles. The number of thiophene rings is 1. The number of nitrogens with one attached hydrogen (secondary N) is 1. The van der Waals surface area contributed by atoms with E-state index in [1.54, 1.807) is 6.92 Å². The topological polar surface area (TPSA) is 95.8 Å². The smallest absolute Gasteiger partial charge is 0.348 e. The Labute approximate surface area is 142 Å². The molecule has 9 heteroatoms. The molecule has 0 aliphatic carbocycles. The van der Waals surface area contributed by atoms with Crippen LogP contribution in [0.1, 0.15) is 16.6 Å². The fraction of sp³-hybridized carbons (Fsp3) is 0.267. The second-order valence-corrected chi connectivity index (χ2v) is 6.14. The van der Waals surface area contributed by atoms with Crippen LogP contribution in [0.2, 0.25) is 0 Å². The number of ether oxygens (including phenoxy) is 1. The van der Waals surface area contributed by atoms with Crippen molar-refractivity contribution in [1.29, 1.82) is 0 Å². The molecule has 124 valence electrons. The lowest BCUT2D eigenvalue weighted by molar-refractivity contribution is 0.0532. The van der Waals surface area contributed by atoms with Gasteiger partial charge in [0.05, 0.1) is 11.3 Å². The van der Waals surface area contributed by atoms with Crippen molar-refractivity contribution in [3.05, 3.63) is 29.4 Å². The van der Waals surface area contributed by atoms with Gasteiger partial charge in [-0.2, -0.15) is 0 Å². The van der Waals surface area contributed by atoms with Crippen molar-refractivity contribution in [1.82, 2.24) is 15.2 Å². The first-order valence-electron chi connectivity index (χ1n) is 7.29. The van der Waals surface area contributed by atoms with Crippen molar-refractivity contribution in [2.75, 3.05) is 25.6 Å². The molecule has 3 aromatic rings. The number of H-pyrrole nitrogens is 1. The number of anilines is 1. The Balaban J connectivity index is 2.09. The summed E-state index contributed by atoms with van der Waals surface area (Å²) in [6.45, 7) is 2.12. The number of aromatic nitrogens is 3. The van der Waals surface area contributed by atoms with E-state index in [4.69, 9.17) is 4.74 Å². The van der Waals surface area contributed by atoms with Crippen LogP contribution < -0.4 is 4.90 Å². The fourth-order valence-corrected chi connectivity index (χ4v) is 3.24. The van der Waals surface area contributed by atoms with Gasteiger partial charge in [-0.15, -0.1) is 31.8 Å². The molecule has 8 nitrogen and oxygen atoms in total. The molecule has 0 radical (unpaired) electrons. The minimum atomic E-state index is -0.332. The van der Waals surface area contributed by atoms with E-state index in [0.717, 1.165) is 15.8 Å². The summed E-state index contributed by atoms with van der Waals surface area (Å²) in [5, 5.41) is 16.6. The zero-order valence-corrected chi connectivity index (χ0v) is 14.3. The average Bonchev–Trinajstić information content (AvgIpc) is 3.22. The number of rotatable bonds is 5. The number of esters is 1. The summed E-state index contributed by atoms with van der Waals surface area (Å²) in [7, 11) is 3.90. The Bertz CT molecular complexity index is 885. The van der Waals surface area contributed by atoms with Crippen LogP contribution in [0.4, 0.5) is 17.3 Å². The molecule has 0 aliphatic rings. The Morgan fingerprint density at radius 3 is 2.88 bits per heavy atom. The number of azo groups is 1. The van der Waals surface area contributed by atoms with Crippen LogP contribution in [0.5, 0.6) is 0 Å². The Kier molecular flexibility index (Phi) is 4.52. The second-order valence-electron chi connectivity index (χ2n) is 5.08. The number of aromatic amines is 1. The van der Waals surface area contributed by atoms with Crippen LogP contribution in [0, 0.1) is 0 Å². The number of hydrogen-bond donors (Lipinski definition) is 1. The summed E-state index contributed by atoms with van der Waals surface area (Å²) in [4.78, 5) is 17.3. The molecular weight excluding hydrogens is 328 g/mol. The minimum absolute atomic E-state index is 0.321. The number of carbonyl (C=O) groups excluding carboxylic acids is 1. The highest BCUT2D eigenvalue weighted by Crippen LogP contribution is 2.40. The second kappa shape index (κ2) is 6.75. The van der Waals surface area contributed by atoms with Crippen molar-refractivity contribution >= 4 is 44.7 Å². The molecule has 0 atom stereocenters. The van der Waals surface area contributed by atoms with Gasteiger partial charge >= 0.3 is 5.97 Å². The SMILES string of the molecule is CCOC(=O)c1cc2c(N(C)C)ccc(/N=N/c3nnc[nH]3)c2s1. The maximum absolute atomic E-state index is 12.0. The normalized spacial score (nSPS) is 11.3. The highest BCUT2D eigenvalue weighted by molar-refractivity contribution is 7.21. The number of hydrogen-bond acceptors (Lipinski definition) is 8. The van der Waals surface area contributed by atoms with Crippen molar-refractivity contribution in [3.8, 4) is 0 Å². The predicted octanol–water partition coefficient (Wildman–Crippen LogP) is 3.68. The van der Waals surface area contributed by atoms with E-state index in [9.17, 15) is 4.79 Å². The van der Waals surface area contributed by atoms with E-state index in [-0.39, 0.29) is 5.97 Å². The van der Waals surface area contributed by atoms with Gasteiger partial charge in [0.1, 0.15) is 16.9 Å². The van der Waals surface area contributed by atoms with Crippen LogP contribution in [0.15, 0.2) is 34.8 Å². The summed E-state index contributed by atoms with van der Waals surface area (Å²) in [6.07, 6.45) is 1.43. The molecule has 2 aromatic heterocycles. The van der Waals surface area contributed by atoms with Gasteiger partial charge in [0, 0.05) is 25.2 Å². The summed E-state index contributed by atoms with van der Waals surface area (Å²) in [5.41, 5.74) is 1.66. The van der Waals surface area contributed by atoms with Gasteiger partial charge in [-0.25, -0.2) is 4.79 Å². The molecule has 3 rings (SSSR count). The predicted molar refractivity (Wildman–Crippen MR) is 92.7 cm³/mol. The summed E-state index contributed by atoms with van der Waals surface area (Å²) in [5.74, 6) is -0.0106. The first-order chi connectivity index (χ1) is 11.6. The molecule has 1 aromatic carbocycles. The van der Waals surface area contributed by atoms with Crippen molar-refractivity contribution in [3.63, 3.8) is 0 Å². The lowest BCUT2D eigenvalue weighted by Gasteiger charge is -2.14. The van der Waals surface area contributed by atoms with Gasteiger partial charge in [-0.3, -0.25) is 0 Å². The van der Waals surface area contributed by atoms with Crippen molar-refractivity contribution in [2.45, 2.75) is 6.92 Å². The van der Waals surface area contributed by atoms with Crippen LogP contribution in [0.25, 0.3) is 10.1 Å². The molecule has 0 saturated heterocycles. The summed E-state index contributed by atoms with van der Waals surface area (Å²) in [6, 6.07) is 5.64. The van der Waals surface area contributed by atoms with Crippen LogP contribution >= 0.6 is 11.3 Å². The molecule has 24 heavy (non-hydrogen) atoms. The van der Waals surface area contributed by atoms with E-state index >= 15 is 0 Å². The molecule has 1 N–H and O–H groups in total. The number of carbonyl (C=O) groups is 1.